The number of rotatable bonds is 7. The molecule has 1 spiro atoms. The minimum atomic E-state index is -0.789. The average molecular weight is 494 g/mol. The molecule has 6 atom stereocenters. The molecule has 0 aliphatic carbocycles. The first-order chi connectivity index (χ1) is 16.9. The molecule has 0 aromatic heterocycles. The van der Waals surface area contributed by atoms with Gasteiger partial charge in [-0.3, -0.25) is 14.4 Å². The molecule has 3 saturated heterocycles. The molecule has 3 fully saturated rings. The highest BCUT2D eigenvalue weighted by Crippen LogP contribution is 2.71. The second-order valence-corrected chi connectivity index (χ2v) is 11.8. The van der Waals surface area contributed by atoms with E-state index in [1.54, 1.807) is 23.7 Å². The van der Waals surface area contributed by atoms with E-state index in [1.165, 1.54) is 0 Å². The van der Waals surface area contributed by atoms with Gasteiger partial charge in [-0.1, -0.05) is 60.7 Å². The molecule has 3 aliphatic rings. The molecule has 3 aliphatic heterocycles. The zero-order valence-corrected chi connectivity index (χ0v) is 20.8. The maximum atomic E-state index is 14.1. The SMILES string of the molecule is CNC(=O)[C@@H]1[C@H]2C(=O)N([C@H](CO)c3ccccc3)C(C(=O)NCc3ccccc3)C23CC[C@@]1(C)S3. The number of nitrogens with one attached hydrogen (secondary N) is 2. The van der Waals surface area contributed by atoms with E-state index in [-0.39, 0.29) is 24.3 Å². The van der Waals surface area contributed by atoms with Gasteiger partial charge in [0.25, 0.3) is 0 Å². The van der Waals surface area contributed by atoms with Crippen LogP contribution in [0, 0.1) is 11.8 Å². The number of fused-ring (bicyclic) bond motifs is 1. The quantitative estimate of drug-likeness (QED) is 0.550. The van der Waals surface area contributed by atoms with Crippen LogP contribution in [-0.2, 0) is 20.9 Å². The monoisotopic (exact) mass is 493 g/mol. The second kappa shape index (κ2) is 8.99. The van der Waals surface area contributed by atoms with Gasteiger partial charge in [0.1, 0.15) is 6.04 Å². The van der Waals surface area contributed by atoms with Gasteiger partial charge in [-0.25, -0.2) is 0 Å². The summed E-state index contributed by atoms with van der Waals surface area (Å²) in [4.78, 5) is 42.7. The fourth-order valence-corrected chi connectivity index (χ4v) is 8.81. The Labute approximate surface area is 209 Å². The highest BCUT2D eigenvalue weighted by Gasteiger charge is 2.77. The Hall–Kier alpha value is -2.84. The summed E-state index contributed by atoms with van der Waals surface area (Å²) < 4.78 is -1.13. The third kappa shape index (κ3) is 3.65. The molecular weight excluding hydrogens is 462 g/mol. The number of aliphatic hydroxyl groups excluding tert-OH is 1. The minimum absolute atomic E-state index is 0.162. The highest BCUT2D eigenvalue weighted by atomic mass is 32.2. The molecule has 8 heteroatoms. The Kier molecular flexibility index (Phi) is 6.13. The Morgan fingerprint density at radius 1 is 1.09 bits per heavy atom. The van der Waals surface area contributed by atoms with Gasteiger partial charge in [-0.15, -0.1) is 11.8 Å². The largest absolute Gasteiger partial charge is 0.394 e. The number of nitrogens with zero attached hydrogens (tertiary/aromatic N) is 1. The third-order valence-electron chi connectivity index (χ3n) is 7.99. The van der Waals surface area contributed by atoms with Crippen LogP contribution in [0.25, 0.3) is 0 Å². The zero-order valence-electron chi connectivity index (χ0n) is 19.9. The fraction of sp³-hybridized carbons (Fsp3) is 0.444. The van der Waals surface area contributed by atoms with Crippen LogP contribution in [0.4, 0.5) is 0 Å². The summed E-state index contributed by atoms with van der Waals surface area (Å²) in [5.74, 6) is -1.77. The molecule has 3 heterocycles. The van der Waals surface area contributed by atoms with Crippen LogP contribution in [0.2, 0.25) is 0 Å². The normalized spacial score (nSPS) is 31.8. The van der Waals surface area contributed by atoms with Gasteiger partial charge < -0.3 is 20.6 Å². The number of thioether (sulfide) groups is 1. The average Bonchev–Trinajstić information content (AvgIpc) is 3.45. The summed E-state index contributed by atoms with van der Waals surface area (Å²) in [6, 6.07) is 17.5. The van der Waals surface area contributed by atoms with Crippen molar-refractivity contribution >= 4 is 29.5 Å². The number of likely N-dealkylation sites (tertiary alicyclic amines) is 1. The molecule has 0 saturated carbocycles. The van der Waals surface area contributed by atoms with E-state index in [4.69, 9.17) is 0 Å². The minimum Gasteiger partial charge on any atom is -0.394 e. The molecule has 2 unspecified atom stereocenters. The van der Waals surface area contributed by atoms with Crippen molar-refractivity contribution in [1.29, 1.82) is 0 Å². The third-order valence-corrected chi connectivity index (χ3v) is 9.98. The van der Waals surface area contributed by atoms with Crippen molar-refractivity contribution in [3.8, 4) is 0 Å². The van der Waals surface area contributed by atoms with Gasteiger partial charge in [0.15, 0.2) is 0 Å². The molecule has 184 valence electrons. The first-order valence-corrected chi connectivity index (χ1v) is 12.9. The van der Waals surface area contributed by atoms with E-state index in [9.17, 15) is 19.5 Å². The van der Waals surface area contributed by atoms with E-state index >= 15 is 0 Å². The summed E-state index contributed by atoms with van der Waals surface area (Å²) in [5.41, 5.74) is 1.73. The molecule has 0 radical (unpaired) electrons. The van der Waals surface area contributed by atoms with Gasteiger partial charge >= 0.3 is 0 Å². The summed E-state index contributed by atoms with van der Waals surface area (Å²) in [7, 11) is 1.59. The fourth-order valence-electron chi connectivity index (χ4n) is 6.47. The van der Waals surface area contributed by atoms with Gasteiger partial charge in [0.05, 0.1) is 29.2 Å². The summed E-state index contributed by atoms with van der Waals surface area (Å²) in [6.07, 6.45) is 1.43. The predicted octanol–water partition coefficient (Wildman–Crippen LogP) is 2.26. The van der Waals surface area contributed by atoms with E-state index in [0.717, 1.165) is 17.5 Å². The lowest BCUT2D eigenvalue weighted by Crippen LogP contribution is -2.54. The molecule has 35 heavy (non-hydrogen) atoms. The van der Waals surface area contributed by atoms with E-state index in [0.29, 0.717) is 13.0 Å². The molecule has 3 N–H and O–H groups in total. The lowest BCUT2D eigenvalue weighted by molar-refractivity contribution is -0.143. The van der Waals surface area contributed by atoms with Crippen molar-refractivity contribution in [1.82, 2.24) is 15.5 Å². The Morgan fingerprint density at radius 2 is 1.74 bits per heavy atom. The van der Waals surface area contributed by atoms with Crippen LogP contribution in [0.15, 0.2) is 60.7 Å². The van der Waals surface area contributed by atoms with Crippen molar-refractivity contribution in [3.05, 3.63) is 71.8 Å². The number of hydrogen-bond acceptors (Lipinski definition) is 5. The smallest absolute Gasteiger partial charge is 0.244 e. The Bertz CT molecular complexity index is 1130. The Balaban J connectivity index is 1.57. The van der Waals surface area contributed by atoms with Gasteiger partial charge in [0, 0.05) is 18.3 Å². The van der Waals surface area contributed by atoms with E-state index in [1.807, 2.05) is 67.6 Å². The second-order valence-electron chi connectivity index (χ2n) is 9.90. The zero-order chi connectivity index (χ0) is 24.8. The van der Waals surface area contributed by atoms with Gasteiger partial charge in [-0.2, -0.15) is 0 Å². The van der Waals surface area contributed by atoms with Crippen molar-refractivity contribution < 1.29 is 19.5 Å². The van der Waals surface area contributed by atoms with Crippen LogP contribution in [0.5, 0.6) is 0 Å². The molecular formula is C27H31N3O4S. The topological polar surface area (TPSA) is 98.7 Å². The number of carbonyl (C=O) groups is 3. The van der Waals surface area contributed by atoms with Crippen LogP contribution in [-0.4, -0.2) is 56.9 Å². The Morgan fingerprint density at radius 3 is 2.37 bits per heavy atom. The lowest BCUT2D eigenvalue weighted by atomic mass is 9.66. The number of amides is 3. The first kappa shape index (κ1) is 23.9. The summed E-state index contributed by atoms with van der Waals surface area (Å²) in [6.45, 7) is 2.07. The van der Waals surface area contributed by atoms with Crippen LogP contribution in [0.1, 0.15) is 36.9 Å². The maximum Gasteiger partial charge on any atom is 0.244 e. The number of benzene rings is 2. The molecule has 5 rings (SSSR count). The molecule has 3 amide bonds. The van der Waals surface area contributed by atoms with Crippen LogP contribution in [0.3, 0.4) is 0 Å². The van der Waals surface area contributed by atoms with Crippen molar-refractivity contribution in [2.45, 2.75) is 47.9 Å². The number of carbonyl (C=O) groups excluding carboxylic acids is 3. The molecule has 7 nitrogen and oxygen atoms in total. The maximum absolute atomic E-state index is 14.1. The highest BCUT2D eigenvalue weighted by molar-refractivity contribution is 8.02. The van der Waals surface area contributed by atoms with E-state index < -0.39 is 33.4 Å². The number of hydrogen-bond donors (Lipinski definition) is 3. The van der Waals surface area contributed by atoms with E-state index in [2.05, 4.69) is 10.6 Å². The number of aliphatic hydroxyl groups is 1. The van der Waals surface area contributed by atoms with Crippen LogP contribution < -0.4 is 10.6 Å². The summed E-state index contributed by atoms with van der Waals surface area (Å²) >= 11 is 1.63. The molecule has 2 bridgehead atoms. The first-order valence-electron chi connectivity index (χ1n) is 12.1. The van der Waals surface area contributed by atoms with Gasteiger partial charge in [-0.05, 0) is 30.9 Å². The lowest BCUT2D eigenvalue weighted by Gasteiger charge is -2.37. The van der Waals surface area contributed by atoms with Crippen molar-refractivity contribution in [2.75, 3.05) is 13.7 Å². The predicted molar refractivity (Wildman–Crippen MR) is 134 cm³/mol. The van der Waals surface area contributed by atoms with Crippen molar-refractivity contribution in [3.63, 3.8) is 0 Å². The van der Waals surface area contributed by atoms with Gasteiger partial charge in [0.2, 0.25) is 17.7 Å². The molecule has 2 aromatic carbocycles. The molecule has 2 aromatic rings. The standard InChI is InChI=1S/C27H31N3O4S/c1-26-13-14-27(35-26)21(20(26)23(32)28-2)25(34)30(19(16-31)18-11-7-4-8-12-18)22(27)24(33)29-15-17-9-5-3-6-10-17/h3-12,19-22,31H,13-16H2,1-2H3,(H,28,32)(H,29,33)/t19-,20+,21+,22?,26-,27?/m1/s1. The van der Waals surface area contributed by atoms with Crippen molar-refractivity contribution in [2.24, 2.45) is 11.8 Å². The summed E-state index contributed by atoms with van der Waals surface area (Å²) in [5, 5.41) is 16.3. The van der Waals surface area contributed by atoms with Crippen LogP contribution >= 0.6 is 11.8 Å².